The van der Waals surface area contributed by atoms with E-state index in [0.717, 1.165) is 49.2 Å². The predicted molar refractivity (Wildman–Crippen MR) is 181 cm³/mol. The molecule has 0 unspecified atom stereocenters. The molecule has 0 spiro atoms. The van der Waals surface area contributed by atoms with E-state index in [4.69, 9.17) is 0 Å². The number of benzene rings is 2. The number of aliphatic hydroxyl groups excluding tert-OH is 1. The summed E-state index contributed by atoms with van der Waals surface area (Å²) in [5.74, 6) is -1.21. The molecule has 5 nitrogen and oxygen atoms in total. The average molecular weight is 589 g/mol. The SMILES string of the molecule is CCCCCCCCCCCCCCCCN1C(=O)C(=O)/C(=C(/O)c2ccc(C)cc2)[C@@H]1c1ccc(N(CC)CC)cc1. The van der Waals surface area contributed by atoms with Gasteiger partial charge in [-0.15, -0.1) is 0 Å². The van der Waals surface area contributed by atoms with Crippen molar-refractivity contribution in [2.45, 2.75) is 124 Å². The Morgan fingerprint density at radius 2 is 1.19 bits per heavy atom. The molecule has 3 rings (SSSR count). The summed E-state index contributed by atoms with van der Waals surface area (Å²) in [6.07, 6.45) is 17.8. The van der Waals surface area contributed by atoms with Gasteiger partial charge in [0.15, 0.2) is 0 Å². The van der Waals surface area contributed by atoms with Crippen LogP contribution in [0.4, 0.5) is 5.69 Å². The van der Waals surface area contributed by atoms with E-state index in [2.05, 4.69) is 37.8 Å². The van der Waals surface area contributed by atoms with Gasteiger partial charge < -0.3 is 14.9 Å². The first-order chi connectivity index (χ1) is 20.9. The Bertz CT molecular complexity index is 1150. The minimum absolute atomic E-state index is 0.0976. The Morgan fingerprint density at radius 1 is 0.698 bits per heavy atom. The zero-order valence-corrected chi connectivity index (χ0v) is 27.4. The van der Waals surface area contributed by atoms with Gasteiger partial charge in [0, 0.05) is 30.9 Å². The number of rotatable bonds is 20. The number of aryl methyl sites for hydroxylation is 1. The number of ketones is 1. The first kappa shape index (κ1) is 34.4. The summed E-state index contributed by atoms with van der Waals surface area (Å²) in [6.45, 7) is 10.8. The van der Waals surface area contributed by atoms with Gasteiger partial charge in [0.2, 0.25) is 0 Å². The van der Waals surface area contributed by atoms with Crippen molar-refractivity contribution >= 4 is 23.1 Å². The second kappa shape index (κ2) is 18.6. The van der Waals surface area contributed by atoms with Crippen molar-refractivity contribution < 1.29 is 14.7 Å². The van der Waals surface area contributed by atoms with Crippen LogP contribution in [0, 0.1) is 6.92 Å². The van der Waals surface area contributed by atoms with Crippen LogP contribution in [0.3, 0.4) is 0 Å². The first-order valence-corrected chi connectivity index (χ1v) is 17.1. The lowest BCUT2D eigenvalue weighted by Gasteiger charge is -2.26. The fourth-order valence-corrected chi connectivity index (χ4v) is 6.26. The van der Waals surface area contributed by atoms with E-state index in [1.54, 1.807) is 4.90 Å². The molecule has 0 radical (unpaired) electrons. The maximum absolute atomic E-state index is 13.4. The third-order valence-corrected chi connectivity index (χ3v) is 8.95. The number of carbonyl (C=O) groups excluding carboxylic acids is 2. The normalized spacial score (nSPS) is 16.3. The van der Waals surface area contributed by atoms with Crippen molar-refractivity contribution in [3.05, 3.63) is 70.8 Å². The largest absolute Gasteiger partial charge is 0.507 e. The highest BCUT2D eigenvalue weighted by Crippen LogP contribution is 2.40. The molecule has 1 saturated heterocycles. The van der Waals surface area contributed by atoms with Crippen molar-refractivity contribution in [3.63, 3.8) is 0 Å². The van der Waals surface area contributed by atoms with Gasteiger partial charge in [-0.2, -0.15) is 0 Å². The summed E-state index contributed by atoms with van der Waals surface area (Å²) < 4.78 is 0. The lowest BCUT2D eigenvalue weighted by molar-refractivity contribution is -0.139. The lowest BCUT2D eigenvalue weighted by Crippen LogP contribution is -2.30. The summed E-state index contributed by atoms with van der Waals surface area (Å²) in [5, 5.41) is 11.3. The molecular weight excluding hydrogens is 532 g/mol. The predicted octanol–water partition coefficient (Wildman–Crippen LogP) is 9.74. The second-order valence-electron chi connectivity index (χ2n) is 12.2. The zero-order chi connectivity index (χ0) is 31.0. The molecule has 0 bridgehead atoms. The van der Waals surface area contributed by atoms with E-state index in [0.29, 0.717) is 12.1 Å². The molecular formula is C38H56N2O3. The van der Waals surface area contributed by atoms with Crippen LogP contribution in [-0.4, -0.2) is 41.3 Å². The van der Waals surface area contributed by atoms with E-state index in [1.807, 2.05) is 43.3 Å². The maximum atomic E-state index is 13.4. The topological polar surface area (TPSA) is 60.9 Å². The van der Waals surface area contributed by atoms with Crippen molar-refractivity contribution in [2.75, 3.05) is 24.5 Å². The molecule has 1 aliphatic rings. The fraction of sp³-hybridized carbons (Fsp3) is 0.579. The quantitative estimate of drug-likeness (QED) is 0.0724. The van der Waals surface area contributed by atoms with Crippen LogP contribution in [0.1, 0.15) is 133 Å². The summed E-state index contributed by atoms with van der Waals surface area (Å²) in [4.78, 5) is 30.7. The van der Waals surface area contributed by atoms with Crippen LogP contribution in [0.15, 0.2) is 54.1 Å². The number of aliphatic hydroxyl groups is 1. The van der Waals surface area contributed by atoms with E-state index >= 15 is 0 Å². The van der Waals surface area contributed by atoms with Gasteiger partial charge in [0.1, 0.15) is 5.76 Å². The van der Waals surface area contributed by atoms with Crippen molar-refractivity contribution in [1.29, 1.82) is 0 Å². The Morgan fingerprint density at radius 3 is 1.67 bits per heavy atom. The number of nitrogens with zero attached hydrogens (tertiary/aromatic N) is 2. The molecule has 5 heteroatoms. The van der Waals surface area contributed by atoms with Crippen LogP contribution in [0.25, 0.3) is 5.76 Å². The van der Waals surface area contributed by atoms with Crippen molar-refractivity contribution in [2.24, 2.45) is 0 Å². The molecule has 236 valence electrons. The number of carbonyl (C=O) groups is 2. The number of hydrogen-bond donors (Lipinski definition) is 1. The molecule has 0 saturated carbocycles. The molecule has 0 aliphatic carbocycles. The highest BCUT2D eigenvalue weighted by atomic mass is 16.3. The Balaban J connectivity index is 1.61. The zero-order valence-electron chi connectivity index (χ0n) is 27.4. The van der Waals surface area contributed by atoms with E-state index in [9.17, 15) is 14.7 Å². The number of Topliss-reactive ketones (excluding diaryl/α,β-unsaturated/α-hetero) is 1. The molecule has 1 atom stereocenters. The standard InChI is InChI=1S/C38H56N2O3/c1-5-8-9-10-11-12-13-14-15-16-17-18-19-20-29-40-35(31-25-27-33(28-26-31)39(6-2)7-3)34(37(42)38(40)43)36(41)32-23-21-30(4)22-24-32/h21-28,35,41H,5-20,29H2,1-4H3/b36-34+/t35-/m0/s1. The van der Waals surface area contributed by atoms with Gasteiger partial charge in [0.25, 0.3) is 11.7 Å². The molecule has 43 heavy (non-hydrogen) atoms. The second-order valence-corrected chi connectivity index (χ2v) is 12.2. The van der Waals surface area contributed by atoms with Gasteiger partial charge >= 0.3 is 0 Å². The van der Waals surface area contributed by atoms with Gasteiger partial charge in [-0.25, -0.2) is 0 Å². The highest BCUT2D eigenvalue weighted by molar-refractivity contribution is 6.46. The van der Waals surface area contributed by atoms with Crippen LogP contribution < -0.4 is 4.90 Å². The summed E-state index contributed by atoms with van der Waals surface area (Å²) in [5.41, 5.74) is 3.78. The van der Waals surface area contributed by atoms with Gasteiger partial charge in [0.05, 0.1) is 11.6 Å². The summed E-state index contributed by atoms with van der Waals surface area (Å²) in [7, 11) is 0. The molecule has 0 aromatic heterocycles. The number of anilines is 1. The number of likely N-dealkylation sites (tertiary alicyclic amines) is 1. The molecule has 1 N–H and O–H groups in total. The van der Waals surface area contributed by atoms with E-state index in [-0.39, 0.29) is 11.3 Å². The molecule has 1 fully saturated rings. The number of hydrogen-bond acceptors (Lipinski definition) is 4. The van der Waals surface area contributed by atoms with Crippen LogP contribution in [-0.2, 0) is 9.59 Å². The molecule has 2 aromatic carbocycles. The Hall–Kier alpha value is -3.08. The van der Waals surface area contributed by atoms with E-state index in [1.165, 1.54) is 70.6 Å². The summed E-state index contributed by atoms with van der Waals surface area (Å²) >= 11 is 0. The average Bonchev–Trinajstić information content (AvgIpc) is 3.27. The smallest absolute Gasteiger partial charge is 0.295 e. The van der Waals surface area contributed by atoms with Crippen LogP contribution in [0.5, 0.6) is 0 Å². The molecule has 1 aliphatic heterocycles. The fourth-order valence-electron chi connectivity index (χ4n) is 6.26. The van der Waals surface area contributed by atoms with Gasteiger partial charge in [-0.05, 0) is 44.9 Å². The Labute approximate surface area is 261 Å². The third-order valence-electron chi connectivity index (χ3n) is 8.95. The van der Waals surface area contributed by atoms with E-state index < -0.39 is 17.7 Å². The van der Waals surface area contributed by atoms with Crippen LogP contribution >= 0.6 is 0 Å². The molecule has 1 heterocycles. The lowest BCUT2D eigenvalue weighted by atomic mass is 9.94. The monoisotopic (exact) mass is 588 g/mol. The van der Waals surface area contributed by atoms with Crippen LogP contribution in [0.2, 0.25) is 0 Å². The number of unbranched alkanes of at least 4 members (excludes halogenated alkanes) is 13. The molecule has 2 aromatic rings. The third kappa shape index (κ3) is 9.98. The minimum atomic E-state index is -0.596. The minimum Gasteiger partial charge on any atom is -0.507 e. The van der Waals surface area contributed by atoms with Gasteiger partial charge in [-0.1, -0.05) is 132 Å². The highest BCUT2D eigenvalue weighted by Gasteiger charge is 2.45. The maximum Gasteiger partial charge on any atom is 0.295 e. The number of amides is 1. The van der Waals surface area contributed by atoms with Crippen molar-refractivity contribution in [3.8, 4) is 0 Å². The summed E-state index contributed by atoms with van der Waals surface area (Å²) in [6, 6.07) is 15.0. The first-order valence-electron chi connectivity index (χ1n) is 17.1. The Kier molecular flexibility index (Phi) is 14.8. The van der Waals surface area contributed by atoms with Gasteiger partial charge in [-0.3, -0.25) is 9.59 Å². The molecule has 1 amide bonds. The van der Waals surface area contributed by atoms with Crippen molar-refractivity contribution in [1.82, 2.24) is 4.90 Å².